The molecule has 0 rings (SSSR count). The van der Waals surface area contributed by atoms with Crippen molar-refractivity contribution in [1.29, 1.82) is 5.41 Å². The number of halogens is 1. The number of hydrogen-bond donors (Lipinski definition) is 2. The molecule has 6 heavy (non-hydrogen) atoms. The van der Waals surface area contributed by atoms with Gasteiger partial charge in [0.1, 0.15) is 5.17 Å². The van der Waals surface area contributed by atoms with Crippen LogP contribution in [0.2, 0.25) is 0 Å². The normalized spacial score (nSPS) is 9.50. The second kappa shape index (κ2) is 2.72. The maximum Gasteiger partial charge on any atom is 0.122 e. The first-order chi connectivity index (χ1) is 2.77. The summed E-state index contributed by atoms with van der Waals surface area (Å²) in [7, 11) is 0. The van der Waals surface area contributed by atoms with E-state index in [4.69, 9.17) is 22.7 Å². The molecule has 3 N–H and O–H groups in total. The molecule has 2 nitrogen and oxygen atoms in total. The van der Waals surface area contributed by atoms with Crippen LogP contribution in [0.5, 0.6) is 0 Å². The van der Waals surface area contributed by atoms with Gasteiger partial charge in [-0.25, -0.2) is 0 Å². The van der Waals surface area contributed by atoms with Crippen LogP contribution in [-0.4, -0.2) is 5.17 Å². The lowest BCUT2D eigenvalue weighted by Crippen LogP contribution is -1.79. The topological polar surface area (TPSA) is 49.9 Å². The van der Waals surface area contributed by atoms with Gasteiger partial charge in [-0.15, -0.1) is 0 Å². The van der Waals surface area contributed by atoms with Crippen LogP contribution in [0.3, 0.4) is 0 Å². The SMILES string of the molecule is N=C(Cl)/C=C\N. The molecule has 0 aromatic carbocycles. The summed E-state index contributed by atoms with van der Waals surface area (Å²) >= 11 is 4.99. The number of nitrogens with two attached hydrogens (primary N) is 1. The fraction of sp³-hybridized carbons (Fsp3) is 0. The summed E-state index contributed by atoms with van der Waals surface area (Å²) in [6.07, 6.45) is 2.51. The van der Waals surface area contributed by atoms with Gasteiger partial charge in [0.05, 0.1) is 0 Å². The molecule has 0 aliphatic carbocycles. The van der Waals surface area contributed by atoms with Crippen LogP contribution < -0.4 is 5.73 Å². The van der Waals surface area contributed by atoms with E-state index in [0.29, 0.717) is 0 Å². The summed E-state index contributed by atoms with van der Waals surface area (Å²) in [6, 6.07) is 0. The van der Waals surface area contributed by atoms with Crippen molar-refractivity contribution in [3.05, 3.63) is 12.3 Å². The average Bonchev–Trinajstić information content (AvgIpc) is 1.35. The van der Waals surface area contributed by atoms with Crippen molar-refractivity contribution in [1.82, 2.24) is 0 Å². The Morgan fingerprint density at radius 1 is 1.83 bits per heavy atom. The lowest BCUT2D eigenvalue weighted by Gasteiger charge is -1.70. The minimum atomic E-state index is -0.0440. The highest BCUT2D eigenvalue weighted by Gasteiger charge is 1.71. The number of nitrogens with one attached hydrogen (secondary N) is 1. The summed E-state index contributed by atoms with van der Waals surface area (Å²) in [6.45, 7) is 0. The van der Waals surface area contributed by atoms with Gasteiger partial charge < -0.3 is 5.73 Å². The third-order valence-corrected chi connectivity index (χ3v) is 0.369. The predicted molar refractivity (Wildman–Crippen MR) is 26.9 cm³/mol. The van der Waals surface area contributed by atoms with E-state index < -0.39 is 0 Å². The van der Waals surface area contributed by atoms with Crippen molar-refractivity contribution >= 4 is 16.8 Å². The van der Waals surface area contributed by atoms with Crippen LogP contribution in [0.25, 0.3) is 0 Å². The highest BCUT2D eigenvalue weighted by atomic mass is 35.5. The van der Waals surface area contributed by atoms with E-state index in [-0.39, 0.29) is 5.17 Å². The first-order valence-electron chi connectivity index (χ1n) is 1.39. The second-order valence-corrected chi connectivity index (χ2v) is 1.11. The van der Waals surface area contributed by atoms with Crippen LogP contribution >= 0.6 is 11.6 Å². The zero-order valence-corrected chi connectivity index (χ0v) is 3.87. The smallest absolute Gasteiger partial charge is 0.122 e. The van der Waals surface area contributed by atoms with Crippen LogP contribution in [0, 0.1) is 5.41 Å². The molecule has 34 valence electrons. The fourth-order valence-corrected chi connectivity index (χ4v) is 0.157. The molecule has 0 bridgehead atoms. The molecule has 0 fully saturated rings. The molecule has 0 aliphatic rings. The zero-order valence-electron chi connectivity index (χ0n) is 3.11. The molecule has 0 saturated heterocycles. The van der Waals surface area contributed by atoms with Crippen LogP contribution in [0.15, 0.2) is 12.3 Å². The number of rotatable bonds is 1. The van der Waals surface area contributed by atoms with E-state index in [1.807, 2.05) is 0 Å². The molecule has 0 amide bonds. The van der Waals surface area contributed by atoms with Gasteiger partial charge in [0, 0.05) is 0 Å². The predicted octanol–water partition coefficient (Wildman–Crippen LogP) is 0.675. The van der Waals surface area contributed by atoms with Crippen molar-refractivity contribution in [3.8, 4) is 0 Å². The van der Waals surface area contributed by atoms with Crippen LogP contribution in [0.4, 0.5) is 0 Å². The third kappa shape index (κ3) is 3.50. The Balaban J connectivity index is 3.30. The van der Waals surface area contributed by atoms with Crippen LogP contribution in [0.1, 0.15) is 0 Å². The Labute approximate surface area is 41.1 Å². The maximum atomic E-state index is 6.49. The molecular formula is C3H5ClN2. The van der Waals surface area contributed by atoms with Crippen LogP contribution in [-0.2, 0) is 0 Å². The Hall–Kier alpha value is -0.500. The summed E-state index contributed by atoms with van der Waals surface area (Å²) < 4.78 is 0. The van der Waals surface area contributed by atoms with E-state index in [9.17, 15) is 0 Å². The van der Waals surface area contributed by atoms with E-state index in [0.717, 1.165) is 0 Å². The zero-order chi connectivity index (χ0) is 4.99. The van der Waals surface area contributed by atoms with Gasteiger partial charge in [-0.1, -0.05) is 11.6 Å². The van der Waals surface area contributed by atoms with E-state index in [2.05, 4.69) is 0 Å². The van der Waals surface area contributed by atoms with Gasteiger partial charge in [0.2, 0.25) is 0 Å². The minimum absolute atomic E-state index is 0.0440. The molecule has 3 heteroatoms. The van der Waals surface area contributed by atoms with E-state index in [1.165, 1.54) is 12.3 Å². The van der Waals surface area contributed by atoms with Crippen molar-refractivity contribution in [3.63, 3.8) is 0 Å². The molecule has 0 unspecified atom stereocenters. The fourth-order valence-electron chi connectivity index (χ4n) is 0.0845. The first kappa shape index (κ1) is 5.50. The average molecular weight is 105 g/mol. The molecule has 0 spiro atoms. The quantitative estimate of drug-likeness (QED) is 0.472. The second-order valence-electron chi connectivity index (χ2n) is 0.707. The van der Waals surface area contributed by atoms with Crippen molar-refractivity contribution < 1.29 is 0 Å². The molecule has 0 aromatic rings. The Bertz CT molecular complexity index is 76.9. The molecule has 0 heterocycles. The van der Waals surface area contributed by atoms with E-state index in [1.54, 1.807) is 0 Å². The van der Waals surface area contributed by atoms with Crippen molar-refractivity contribution in [2.24, 2.45) is 5.73 Å². The van der Waals surface area contributed by atoms with Gasteiger partial charge in [-0.3, -0.25) is 5.41 Å². The monoisotopic (exact) mass is 104 g/mol. The Morgan fingerprint density at radius 2 is 2.33 bits per heavy atom. The first-order valence-corrected chi connectivity index (χ1v) is 1.77. The molecule has 0 radical (unpaired) electrons. The lowest BCUT2D eigenvalue weighted by atomic mass is 10.7. The van der Waals surface area contributed by atoms with Gasteiger partial charge in [0.15, 0.2) is 0 Å². The van der Waals surface area contributed by atoms with Gasteiger partial charge >= 0.3 is 0 Å². The highest BCUT2D eigenvalue weighted by Crippen LogP contribution is 1.77. The standard InChI is InChI=1S/C3H5ClN2/c4-3(6)1-2-5/h1-2,6H,5H2/b2-1-,6-3?. The van der Waals surface area contributed by atoms with Gasteiger partial charge in [-0.05, 0) is 12.3 Å². The maximum absolute atomic E-state index is 6.49. The van der Waals surface area contributed by atoms with Crippen molar-refractivity contribution in [2.75, 3.05) is 0 Å². The summed E-state index contributed by atoms with van der Waals surface area (Å²) in [5, 5.41) is 6.45. The molecule has 0 atom stereocenters. The summed E-state index contributed by atoms with van der Waals surface area (Å²) in [5.41, 5.74) is 4.82. The highest BCUT2D eigenvalue weighted by molar-refractivity contribution is 6.67. The Morgan fingerprint density at radius 3 is 2.33 bits per heavy atom. The van der Waals surface area contributed by atoms with Crippen molar-refractivity contribution in [2.45, 2.75) is 0 Å². The summed E-state index contributed by atoms with van der Waals surface area (Å²) in [5.74, 6) is 0. The largest absolute Gasteiger partial charge is 0.405 e. The number of allylic oxidation sites excluding steroid dienone is 1. The summed E-state index contributed by atoms with van der Waals surface area (Å²) in [4.78, 5) is 0. The molecule has 0 aromatic heterocycles. The third-order valence-electron chi connectivity index (χ3n) is 0.243. The molecule has 0 saturated carbocycles. The van der Waals surface area contributed by atoms with E-state index >= 15 is 0 Å². The molecular weight excluding hydrogens is 99.5 g/mol. The van der Waals surface area contributed by atoms with Gasteiger partial charge in [-0.2, -0.15) is 0 Å². The van der Waals surface area contributed by atoms with Gasteiger partial charge in [0.25, 0.3) is 0 Å². The minimum Gasteiger partial charge on any atom is -0.405 e. The molecule has 0 aliphatic heterocycles. The Kier molecular flexibility index (Phi) is 2.50. The number of hydrogen-bond acceptors (Lipinski definition) is 2. The lowest BCUT2D eigenvalue weighted by molar-refractivity contribution is 1.54.